The van der Waals surface area contributed by atoms with Crippen molar-refractivity contribution in [3.8, 4) is 0 Å². The number of ether oxygens (including phenoxy) is 2. The van der Waals surface area contributed by atoms with Gasteiger partial charge in [-0.2, -0.15) is 0 Å². The van der Waals surface area contributed by atoms with E-state index in [9.17, 15) is 9.59 Å². The number of carbonyl (C=O) groups excluding carboxylic acids is 2. The third-order valence-electron chi connectivity index (χ3n) is 3.94. The minimum Gasteiger partial charge on any atom is -0.444 e. The van der Waals surface area contributed by atoms with Crippen molar-refractivity contribution < 1.29 is 19.1 Å². The van der Waals surface area contributed by atoms with Crippen LogP contribution in [0.3, 0.4) is 0 Å². The fourth-order valence-electron chi connectivity index (χ4n) is 2.83. The Kier molecular flexibility index (Phi) is 7.28. The molecule has 0 aromatic carbocycles. The largest absolute Gasteiger partial charge is 0.444 e. The van der Waals surface area contributed by atoms with Crippen LogP contribution in [0, 0.1) is 6.92 Å². The van der Waals surface area contributed by atoms with Crippen molar-refractivity contribution in [3.63, 3.8) is 0 Å². The molecule has 0 spiro atoms. The number of carbonyl (C=O) groups is 2. The molecule has 166 valence electrons. The lowest BCUT2D eigenvalue weighted by Gasteiger charge is -2.22. The smallest absolute Gasteiger partial charge is 0.414 e. The second-order valence-corrected chi connectivity index (χ2v) is 9.31. The average Bonchev–Trinajstić information content (AvgIpc) is 2.99. The van der Waals surface area contributed by atoms with Crippen molar-refractivity contribution >= 4 is 24.0 Å². The summed E-state index contributed by atoms with van der Waals surface area (Å²) in [6.45, 7) is 14.0. The second-order valence-electron chi connectivity index (χ2n) is 9.31. The molecule has 30 heavy (non-hydrogen) atoms. The fourth-order valence-corrected chi connectivity index (χ4v) is 2.83. The number of guanidine groups is 1. The van der Waals surface area contributed by atoms with Gasteiger partial charge in [-0.1, -0.05) is 0 Å². The molecule has 1 atom stereocenters. The molecule has 0 bridgehead atoms. The second kappa shape index (κ2) is 9.32. The number of pyridine rings is 1. The van der Waals surface area contributed by atoms with Crippen LogP contribution >= 0.6 is 0 Å². The van der Waals surface area contributed by atoms with Gasteiger partial charge in [-0.05, 0) is 72.6 Å². The summed E-state index contributed by atoms with van der Waals surface area (Å²) in [6, 6.07) is 3.83. The minimum atomic E-state index is -0.701. The maximum absolute atomic E-state index is 12.2. The van der Waals surface area contributed by atoms with Crippen LogP contribution in [0.25, 0.3) is 0 Å². The van der Waals surface area contributed by atoms with Crippen LogP contribution in [0.1, 0.15) is 53.5 Å². The topological polar surface area (TPSA) is 105 Å². The first-order valence-corrected chi connectivity index (χ1v) is 10.1. The van der Waals surface area contributed by atoms with Crippen molar-refractivity contribution in [2.45, 2.75) is 72.1 Å². The molecule has 0 aliphatic carbocycles. The molecule has 2 amide bonds. The summed E-state index contributed by atoms with van der Waals surface area (Å²) in [7, 11) is 0. The molecule has 1 aromatic heterocycles. The molecule has 9 nitrogen and oxygen atoms in total. The van der Waals surface area contributed by atoms with Crippen LogP contribution in [0.15, 0.2) is 23.3 Å². The number of nitrogens with one attached hydrogen (secondary N) is 2. The Morgan fingerprint density at radius 2 is 1.67 bits per heavy atom. The van der Waals surface area contributed by atoms with Gasteiger partial charge in [0.15, 0.2) is 0 Å². The first-order valence-electron chi connectivity index (χ1n) is 10.1. The normalized spacial score (nSPS) is 16.6. The molecule has 2 rings (SSSR count). The molecule has 2 heterocycles. The first-order chi connectivity index (χ1) is 13.8. The summed E-state index contributed by atoms with van der Waals surface area (Å²) in [5, 5.41) is 5.05. The third-order valence-corrected chi connectivity index (χ3v) is 3.94. The molecule has 1 aliphatic heterocycles. The highest BCUT2D eigenvalue weighted by atomic mass is 16.6. The average molecular weight is 420 g/mol. The van der Waals surface area contributed by atoms with Crippen LogP contribution in [-0.2, 0) is 9.47 Å². The summed E-state index contributed by atoms with van der Waals surface area (Å²) in [4.78, 5) is 35.5. The molecule has 1 saturated heterocycles. The highest BCUT2D eigenvalue weighted by Crippen LogP contribution is 2.20. The van der Waals surface area contributed by atoms with Crippen molar-refractivity contribution in [1.82, 2.24) is 15.6 Å². The van der Waals surface area contributed by atoms with E-state index < -0.39 is 23.4 Å². The summed E-state index contributed by atoms with van der Waals surface area (Å²) >= 11 is 0. The highest BCUT2D eigenvalue weighted by Gasteiger charge is 2.26. The van der Waals surface area contributed by atoms with Gasteiger partial charge < -0.3 is 14.4 Å². The summed E-state index contributed by atoms with van der Waals surface area (Å²) in [5.41, 5.74) is -0.227. The minimum absolute atomic E-state index is 0.00236. The number of hydrogen-bond donors (Lipinski definition) is 2. The lowest BCUT2D eigenvalue weighted by molar-refractivity contribution is 0.0545. The van der Waals surface area contributed by atoms with Crippen molar-refractivity contribution in [1.29, 1.82) is 0 Å². The van der Waals surface area contributed by atoms with Crippen LogP contribution in [0.5, 0.6) is 0 Å². The van der Waals surface area contributed by atoms with Crippen molar-refractivity contribution in [2.24, 2.45) is 4.99 Å². The van der Waals surface area contributed by atoms with Gasteiger partial charge >= 0.3 is 12.2 Å². The Hall–Kier alpha value is -2.84. The Balaban J connectivity index is 2.11. The number of aromatic nitrogens is 1. The van der Waals surface area contributed by atoms with E-state index in [0.29, 0.717) is 6.54 Å². The van der Waals surface area contributed by atoms with Crippen molar-refractivity contribution in [3.05, 3.63) is 23.9 Å². The third kappa shape index (κ3) is 8.26. The maximum Gasteiger partial charge on any atom is 0.414 e. The van der Waals surface area contributed by atoms with E-state index in [1.165, 1.54) is 0 Å². The Morgan fingerprint density at radius 3 is 2.17 bits per heavy atom. The number of alkyl carbamates (subject to hydrolysis) is 2. The van der Waals surface area contributed by atoms with Gasteiger partial charge in [-0.25, -0.2) is 19.6 Å². The number of aliphatic imine (C=N–C) groups is 1. The maximum atomic E-state index is 12.2. The molecule has 1 aromatic rings. The number of aryl methyl sites for hydroxylation is 1. The first kappa shape index (κ1) is 23.4. The summed E-state index contributed by atoms with van der Waals surface area (Å²) in [6.07, 6.45) is 1.13. The van der Waals surface area contributed by atoms with Gasteiger partial charge in [0.2, 0.25) is 5.96 Å². The van der Waals surface area contributed by atoms with E-state index in [1.54, 1.807) is 47.7 Å². The van der Waals surface area contributed by atoms with Crippen LogP contribution < -0.4 is 15.5 Å². The lowest BCUT2D eigenvalue weighted by Crippen LogP contribution is -2.47. The molecule has 2 N–H and O–H groups in total. The predicted molar refractivity (Wildman–Crippen MR) is 116 cm³/mol. The van der Waals surface area contributed by atoms with Gasteiger partial charge in [0, 0.05) is 19.3 Å². The number of hydrogen-bond acceptors (Lipinski definition) is 7. The Labute approximate surface area is 178 Å². The van der Waals surface area contributed by atoms with Gasteiger partial charge in [0.05, 0.1) is 6.04 Å². The highest BCUT2D eigenvalue weighted by molar-refractivity contribution is 6.01. The van der Waals surface area contributed by atoms with Crippen molar-refractivity contribution in [2.75, 3.05) is 18.0 Å². The fraction of sp³-hybridized carbons (Fsp3) is 0.619. The van der Waals surface area contributed by atoms with Gasteiger partial charge in [-0.3, -0.25) is 10.6 Å². The zero-order valence-corrected chi connectivity index (χ0v) is 18.9. The summed E-state index contributed by atoms with van der Waals surface area (Å²) in [5.74, 6) is 0.886. The standard InChI is InChI=1S/C21H33N5O4/c1-14-8-10-22-16(12-14)26-11-9-15(13-26)23-17(24-18(27)29-20(2,3)4)25-19(28)30-21(5,6)7/h8,10,12,15H,9,11,13H2,1-7H3,(H2,23,24,25,27,28). The zero-order valence-electron chi connectivity index (χ0n) is 18.9. The molecule has 9 heteroatoms. The number of nitrogens with zero attached hydrogens (tertiary/aromatic N) is 3. The quantitative estimate of drug-likeness (QED) is 0.562. The number of rotatable bonds is 2. The lowest BCUT2D eigenvalue weighted by atomic mass is 10.2. The van der Waals surface area contributed by atoms with Crippen LogP contribution in [0.2, 0.25) is 0 Å². The zero-order chi connectivity index (χ0) is 22.5. The van der Waals surface area contributed by atoms with E-state index >= 15 is 0 Å². The van der Waals surface area contributed by atoms with E-state index in [1.807, 2.05) is 19.1 Å². The molecule has 1 fully saturated rings. The summed E-state index contributed by atoms with van der Waals surface area (Å²) < 4.78 is 10.6. The molecule has 1 unspecified atom stereocenters. The van der Waals surface area contributed by atoms with E-state index in [2.05, 4.69) is 25.5 Å². The van der Waals surface area contributed by atoms with Gasteiger partial charge in [0.25, 0.3) is 0 Å². The van der Waals surface area contributed by atoms with Gasteiger partial charge in [0.1, 0.15) is 17.0 Å². The monoisotopic (exact) mass is 419 g/mol. The van der Waals surface area contributed by atoms with Crippen LogP contribution in [0.4, 0.5) is 15.4 Å². The molecular formula is C21H33N5O4. The van der Waals surface area contributed by atoms with E-state index in [0.717, 1.165) is 24.3 Å². The Morgan fingerprint density at radius 1 is 1.10 bits per heavy atom. The van der Waals surface area contributed by atoms with Crippen LogP contribution in [-0.4, -0.2) is 53.5 Å². The molecule has 0 radical (unpaired) electrons. The SMILES string of the molecule is Cc1ccnc(N2CCC(N=C(NC(=O)OC(C)(C)C)NC(=O)OC(C)(C)C)C2)c1. The number of amides is 2. The van der Waals surface area contributed by atoms with E-state index in [-0.39, 0.29) is 12.0 Å². The predicted octanol–water partition coefficient (Wildman–Crippen LogP) is 3.37. The van der Waals surface area contributed by atoms with Gasteiger partial charge in [-0.15, -0.1) is 0 Å². The van der Waals surface area contributed by atoms with E-state index in [4.69, 9.17) is 9.47 Å². The molecule has 1 aliphatic rings. The molecular weight excluding hydrogens is 386 g/mol. The Bertz CT molecular complexity index is 763. The molecule has 0 saturated carbocycles. The number of anilines is 1.